The highest BCUT2D eigenvalue weighted by Gasteiger charge is 2.38. The molecule has 0 spiro atoms. The second-order valence-corrected chi connectivity index (χ2v) is 6.53. The van der Waals surface area contributed by atoms with E-state index in [1.807, 2.05) is 54.6 Å². The van der Waals surface area contributed by atoms with Crippen LogP contribution in [0.3, 0.4) is 0 Å². The molecule has 3 aromatic rings. The molecular formula is C24H27NO2. The molecule has 0 amide bonds. The Morgan fingerprint density at radius 1 is 0.741 bits per heavy atom. The van der Waals surface area contributed by atoms with E-state index in [0.717, 1.165) is 23.1 Å². The Morgan fingerprint density at radius 3 is 1.48 bits per heavy atom. The summed E-state index contributed by atoms with van der Waals surface area (Å²) in [4.78, 5) is 0. The third-order valence-corrected chi connectivity index (χ3v) is 4.85. The highest BCUT2D eigenvalue weighted by atomic mass is 16.5. The highest BCUT2D eigenvalue weighted by Crippen LogP contribution is 2.40. The van der Waals surface area contributed by atoms with Crippen molar-refractivity contribution in [3.63, 3.8) is 0 Å². The second-order valence-electron chi connectivity index (χ2n) is 6.53. The molecule has 3 aromatic carbocycles. The first-order valence-corrected chi connectivity index (χ1v) is 9.34. The van der Waals surface area contributed by atoms with Gasteiger partial charge >= 0.3 is 0 Å². The van der Waals surface area contributed by atoms with E-state index in [1.54, 1.807) is 7.11 Å². The van der Waals surface area contributed by atoms with Gasteiger partial charge in [0.25, 0.3) is 0 Å². The molecule has 0 saturated carbocycles. The first-order valence-electron chi connectivity index (χ1n) is 9.34. The Balaban J connectivity index is 2.14. The highest BCUT2D eigenvalue weighted by molar-refractivity contribution is 5.47. The molecule has 2 N–H and O–H groups in total. The number of hydrogen-bond acceptors (Lipinski definition) is 3. The monoisotopic (exact) mass is 361 g/mol. The molecule has 1 atom stereocenters. The molecule has 140 valence electrons. The maximum absolute atomic E-state index is 6.71. The van der Waals surface area contributed by atoms with Crippen molar-refractivity contribution in [3.8, 4) is 0 Å². The summed E-state index contributed by atoms with van der Waals surface area (Å²) in [5, 5.41) is 0. The van der Waals surface area contributed by atoms with Crippen LogP contribution >= 0.6 is 0 Å². The summed E-state index contributed by atoms with van der Waals surface area (Å²) in [6.07, 6.45) is 0.704. The lowest BCUT2D eigenvalue weighted by atomic mass is 9.80. The van der Waals surface area contributed by atoms with Crippen LogP contribution in [0.4, 0.5) is 0 Å². The second kappa shape index (κ2) is 9.47. The summed E-state index contributed by atoms with van der Waals surface area (Å²) < 4.78 is 12.3. The summed E-state index contributed by atoms with van der Waals surface area (Å²) in [6, 6.07) is 31.1. The number of rotatable bonds is 9. The van der Waals surface area contributed by atoms with Gasteiger partial charge in [0, 0.05) is 7.11 Å². The summed E-state index contributed by atoms with van der Waals surface area (Å²) >= 11 is 0. The van der Waals surface area contributed by atoms with Crippen LogP contribution in [-0.4, -0.2) is 26.4 Å². The molecule has 0 aromatic heterocycles. The predicted molar refractivity (Wildman–Crippen MR) is 110 cm³/mol. The average molecular weight is 361 g/mol. The standard InChI is InChI=1S/C24H27NO2/c1-26-23(17-18-25)19-27-24(20-11-5-2-6-12-20,21-13-7-3-8-14-21)22-15-9-4-10-16-22/h2-16,23H,17-19,25H2,1H3/t23-/m0/s1. The van der Waals surface area contributed by atoms with E-state index < -0.39 is 5.60 Å². The molecule has 0 saturated heterocycles. The normalized spacial score (nSPS) is 12.7. The molecule has 3 heteroatoms. The van der Waals surface area contributed by atoms with E-state index in [9.17, 15) is 0 Å². The predicted octanol–water partition coefficient (Wildman–Crippen LogP) is 4.36. The Hall–Kier alpha value is -2.46. The number of ether oxygens (including phenoxy) is 2. The molecule has 0 bridgehead atoms. The molecule has 0 heterocycles. The summed E-state index contributed by atoms with van der Waals surface area (Å²) in [5.74, 6) is 0. The van der Waals surface area contributed by atoms with Crippen molar-refractivity contribution in [2.75, 3.05) is 20.3 Å². The molecule has 27 heavy (non-hydrogen) atoms. The minimum Gasteiger partial charge on any atom is -0.379 e. The zero-order chi connectivity index (χ0) is 19.0. The van der Waals surface area contributed by atoms with Crippen molar-refractivity contribution in [1.82, 2.24) is 0 Å². The maximum atomic E-state index is 6.71. The smallest absolute Gasteiger partial charge is 0.143 e. The van der Waals surface area contributed by atoms with Gasteiger partial charge in [-0.15, -0.1) is 0 Å². The van der Waals surface area contributed by atoms with Crippen LogP contribution in [0.15, 0.2) is 91.0 Å². The van der Waals surface area contributed by atoms with E-state index >= 15 is 0 Å². The van der Waals surface area contributed by atoms with E-state index in [1.165, 1.54) is 0 Å². The van der Waals surface area contributed by atoms with Gasteiger partial charge in [-0.1, -0.05) is 91.0 Å². The first-order chi connectivity index (χ1) is 13.3. The van der Waals surface area contributed by atoms with Gasteiger partial charge in [-0.2, -0.15) is 0 Å². The van der Waals surface area contributed by atoms with Crippen LogP contribution < -0.4 is 5.73 Å². The fraction of sp³-hybridized carbons (Fsp3) is 0.250. The minimum atomic E-state index is -0.713. The van der Waals surface area contributed by atoms with Crippen molar-refractivity contribution in [3.05, 3.63) is 108 Å². The Morgan fingerprint density at radius 2 is 1.15 bits per heavy atom. The van der Waals surface area contributed by atoms with E-state index in [-0.39, 0.29) is 6.10 Å². The molecule has 3 nitrogen and oxygen atoms in total. The number of hydrogen-bond donors (Lipinski definition) is 1. The van der Waals surface area contributed by atoms with Gasteiger partial charge in [-0.25, -0.2) is 0 Å². The topological polar surface area (TPSA) is 44.5 Å². The van der Waals surface area contributed by atoms with Crippen molar-refractivity contribution in [1.29, 1.82) is 0 Å². The van der Waals surface area contributed by atoms with Gasteiger partial charge in [0.2, 0.25) is 0 Å². The number of benzene rings is 3. The van der Waals surface area contributed by atoms with Crippen molar-refractivity contribution in [2.45, 2.75) is 18.1 Å². The van der Waals surface area contributed by atoms with Crippen molar-refractivity contribution < 1.29 is 9.47 Å². The van der Waals surface area contributed by atoms with Gasteiger partial charge in [-0.05, 0) is 29.7 Å². The fourth-order valence-corrected chi connectivity index (χ4v) is 3.44. The third-order valence-electron chi connectivity index (χ3n) is 4.85. The Labute approximate surface area is 161 Å². The average Bonchev–Trinajstić information content (AvgIpc) is 2.75. The molecular weight excluding hydrogens is 334 g/mol. The molecule has 0 fully saturated rings. The first kappa shape index (κ1) is 19.3. The van der Waals surface area contributed by atoms with Crippen LogP contribution in [-0.2, 0) is 15.1 Å². The SMILES string of the molecule is CO[C@@H](CCN)COC(c1ccccc1)(c1ccccc1)c1ccccc1. The molecule has 0 radical (unpaired) electrons. The van der Waals surface area contributed by atoms with Crippen LogP contribution in [0.25, 0.3) is 0 Å². The van der Waals surface area contributed by atoms with Gasteiger partial charge < -0.3 is 15.2 Å². The minimum absolute atomic E-state index is 0.0505. The zero-order valence-electron chi connectivity index (χ0n) is 15.8. The molecule has 0 unspecified atom stereocenters. The van der Waals surface area contributed by atoms with Crippen molar-refractivity contribution in [2.24, 2.45) is 5.73 Å². The van der Waals surface area contributed by atoms with Crippen molar-refractivity contribution >= 4 is 0 Å². The van der Waals surface area contributed by atoms with Crippen LogP contribution in [0.2, 0.25) is 0 Å². The molecule has 0 aliphatic carbocycles. The summed E-state index contributed by atoms with van der Waals surface area (Å²) in [6.45, 7) is 1.02. The Kier molecular flexibility index (Phi) is 6.77. The van der Waals surface area contributed by atoms with Gasteiger partial charge in [0.15, 0.2) is 0 Å². The van der Waals surface area contributed by atoms with Gasteiger partial charge in [0.05, 0.1) is 12.7 Å². The molecule has 3 rings (SSSR count). The van der Waals surface area contributed by atoms with Crippen LogP contribution in [0, 0.1) is 0 Å². The molecule has 0 aliphatic rings. The third kappa shape index (κ3) is 4.28. The van der Waals surface area contributed by atoms with E-state index in [0.29, 0.717) is 13.2 Å². The lowest BCUT2D eigenvalue weighted by Crippen LogP contribution is -2.36. The van der Waals surface area contributed by atoms with Gasteiger partial charge in [0.1, 0.15) is 5.60 Å². The van der Waals surface area contributed by atoms with Gasteiger partial charge in [-0.3, -0.25) is 0 Å². The lowest BCUT2D eigenvalue weighted by molar-refractivity contribution is -0.0530. The molecule has 0 aliphatic heterocycles. The lowest BCUT2D eigenvalue weighted by Gasteiger charge is -2.37. The van der Waals surface area contributed by atoms with E-state index in [2.05, 4.69) is 36.4 Å². The largest absolute Gasteiger partial charge is 0.379 e. The van der Waals surface area contributed by atoms with E-state index in [4.69, 9.17) is 15.2 Å². The fourth-order valence-electron chi connectivity index (χ4n) is 3.44. The number of nitrogens with two attached hydrogens (primary N) is 1. The van der Waals surface area contributed by atoms with Crippen LogP contribution in [0.1, 0.15) is 23.1 Å². The quantitative estimate of drug-likeness (QED) is 0.576. The summed E-state index contributed by atoms with van der Waals surface area (Å²) in [5.41, 5.74) is 8.29. The Bertz CT molecular complexity index is 694. The zero-order valence-corrected chi connectivity index (χ0v) is 15.8. The summed E-state index contributed by atoms with van der Waals surface area (Å²) in [7, 11) is 1.71. The number of methoxy groups -OCH3 is 1. The van der Waals surface area contributed by atoms with Crippen LogP contribution in [0.5, 0.6) is 0 Å². The maximum Gasteiger partial charge on any atom is 0.143 e.